The first-order valence-corrected chi connectivity index (χ1v) is 6.59. The van der Waals surface area contributed by atoms with Crippen LogP contribution in [0.4, 0.5) is 0 Å². The van der Waals surface area contributed by atoms with Gasteiger partial charge in [-0.05, 0) is 0 Å². The predicted octanol–water partition coefficient (Wildman–Crippen LogP) is -0.506. The highest BCUT2D eigenvalue weighted by atomic mass is 32.2. The number of esters is 1. The van der Waals surface area contributed by atoms with Gasteiger partial charge in [0, 0.05) is 5.75 Å². The van der Waals surface area contributed by atoms with Crippen LogP contribution >= 0.6 is 11.8 Å². The zero-order valence-electron chi connectivity index (χ0n) is 7.39. The van der Waals surface area contributed by atoms with Gasteiger partial charge in [-0.25, -0.2) is 8.42 Å². The summed E-state index contributed by atoms with van der Waals surface area (Å²) in [5.74, 6) is 0.314. The molecule has 0 aliphatic carbocycles. The van der Waals surface area contributed by atoms with Crippen molar-refractivity contribution in [3.8, 4) is 0 Å². The van der Waals surface area contributed by atoms with Crippen molar-refractivity contribution >= 4 is 27.8 Å². The van der Waals surface area contributed by atoms with Gasteiger partial charge >= 0.3 is 5.97 Å². The van der Waals surface area contributed by atoms with Gasteiger partial charge in [0.25, 0.3) is 0 Å². The number of hydrogen-bond donors (Lipinski definition) is 0. The number of ether oxygens (including phenoxy) is 1. The number of methoxy groups -OCH3 is 1. The van der Waals surface area contributed by atoms with Crippen molar-refractivity contribution in [3.63, 3.8) is 0 Å². The summed E-state index contributed by atoms with van der Waals surface area (Å²) in [5.41, 5.74) is 0. The van der Waals surface area contributed by atoms with Crippen molar-refractivity contribution in [1.82, 2.24) is 4.31 Å². The van der Waals surface area contributed by atoms with Crippen LogP contribution in [0.3, 0.4) is 0 Å². The highest BCUT2D eigenvalue weighted by Crippen LogP contribution is 2.23. The van der Waals surface area contributed by atoms with Crippen LogP contribution in [-0.4, -0.2) is 49.7 Å². The summed E-state index contributed by atoms with van der Waals surface area (Å²) in [6.45, 7) is 0. The van der Waals surface area contributed by atoms with Gasteiger partial charge in [-0.15, -0.1) is 11.8 Å². The van der Waals surface area contributed by atoms with Crippen molar-refractivity contribution in [1.29, 1.82) is 0 Å². The summed E-state index contributed by atoms with van der Waals surface area (Å²) in [6, 6.07) is -0.648. The molecule has 0 unspecified atom stereocenters. The maximum absolute atomic E-state index is 11.2. The molecule has 0 bridgehead atoms. The summed E-state index contributed by atoms with van der Waals surface area (Å²) < 4.78 is 28.0. The van der Waals surface area contributed by atoms with Crippen molar-refractivity contribution in [3.05, 3.63) is 0 Å². The Kier molecular flexibility index (Phi) is 3.20. The maximum atomic E-state index is 11.2. The highest BCUT2D eigenvalue weighted by Gasteiger charge is 2.37. The van der Waals surface area contributed by atoms with Crippen molar-refractivity contribution in [2.24, 2.45) is 0 Å². The average molecular weight is 225 g/mol. The first kappa shape index (κ1) is 10.8. The lowest BCUT2D eigenvalue weighted by Crippen LogP contribution is -2.41. The molecule has 0 N–H and O–H groups in total. The second-order valence-electron chi connectivity index (χ2n) is 2.69. The smallest absolute Gasteiger partial charge is 0.325 e. The van der Waals surface area contributed by atoms with E-state index in [9.17, 15) is 13.2 Å². The fourth-order valence-electron chi connectivity index (χ4n) is 1.08. The van der Waals surface area contributed by atoms with Gasteiger partial charge in [0.15, 0.2) is 0 Å². The second kappa shape index (κ2) is 3.85. The molecule has 0 aromatic carbocycles. The Labute approximate surface area is 81.5 Å². The Bertz CT molecular complexity index is 300. The molecule has 0 aromatic heterocycles. The number of rotatable bonds is 2. The zero-order valence-corrected chi connectivity index (χ0v) is 9.02. The summed E-state index contributed by atoms with van der Waals surface area (Å²) in [5, 5.41) is 0. The zero-order chi connectivity index (χ0) is 10.1. The molecular formula is C6H11NO4S2. The molecular weight excluding hydrogens is 214 g/mol. The lowest BCUT2D eigenvalue weighted by Gasteiger charge is -2.18. The Hall–Kier alpha value is -0.270. The summed E-state index contributed by atoms with van der Waals surface area (Å²) in [7, 11) is -2.04. The largest absolute Gasteiger partial charge is 0.468 e. The van der Waals surface area contributed by atoms with Gasteiger partial charge in [-0.1, -0.05) is 0 Å². The number of nitrogens with zero attached hydrogens (tertiary/aromatic N) is 1. The third-order valence-electron chi connectivity index (χ3n) is 1.74. The van der Waals surface area contributed by atoms with Crippen LogP contribution in [-0.2, 0) is 19.6 Å². The minimum atomic E-state index is -3.30. The van der Waals surface area contributed by atoms with E-state index in [4.69, 9.17) is 0 Å². The van der Waals surface area contributed by atoms with E-state index in [1.807, 2.05) is 0 Å². The van der Waals surface area contributed by atoms with Crippen LogP contribution < -0.4 is 0 Å². The van der Waals surface area contributed by atoms with E-state index in [2.05, 4.69) is 4.74 Å². The molecule has 1 saturated heterocycles. The number of thioether (sulfide) groups is 1. The summed E-state index contributed by atoms with van der Waals surface area (Å²) >= 11 is 1.41. The van der Waals surface area contributed by atoms with Gasteiger partial charge in [0.05, 0.1) is 19.2 Å². The molecule has 1 aliphatic rings. The molecule has 0 radical (unpaired) electrons. The quantitative estimate of drug-likeness (QED) is 0.592. The van der Waals surface area contributed by atoms with Crippen molar-refractivity contribution < 1.29 is 17.9 Å². The van der Waals surface area contributed by atoms with E-state index in [1.165, 1.54) is 18.9 Å². The lowest BCUT2D eigenvalue weighted by atomic mass is 10.3. The van der Waals surface area contributed by atoms with Gasteiger partial charge in [0.1, 0.15) is 6.04 Å². The van der Waals surface area contributed by atoms with Crippen LogP contribution in [0.25, 0.3) is 0 Å². The van der Waals surface area contributed by atoms with E-state index in [0.29, 0.717) is 11.6 Å². The Morgan fingerprint density at radius 2 is 2.23 bits per heavy atom. The molecule has 1 rings (SSSR count). The fraction of sp³-hybridized carbons (Fsp3) is 0.833. The number of carbonyl (C=O) groups excluding carboxylic acids is 1. The molecule has 76 valence electrons. The monoisotopic (exact) mass is 225 g/mol. The van der Waals surface area contributed by atoms with E-state index in [0.717, 1.165) is 10.6 Å². The highest BCUT2D eigenvalue weighted by molar-refractivity contribution is 8.00. The third kappa shape index (κ3) is 2.35. The topological polar surface area (TPSA) is 63.7 Å². The van der Waals surface area contributed by atoms with Gasteiger partial charge in [0.2, 0.25) is 10.0 Å². The second-order valence-corrected chi connectivity index (χ2v) is 5.62. The van der Waals surface area contributed by atoms with E-state index in [1.54, 1.807) is 0 Å². The Balaban J connectivity index is 2.82. The molecule has 1 atom stereocenters. The van der Waals surface area contributed by atoms with Crippen LogP contribution in [0.2, 0.25) is 0 Å². The third-order valence-corrected chi connectivity index (χ3v) is 4.15. The Morgan fingerprint density at radius 1 is 1.62 bits per heavy atom. The molecule has 1 aliphatic heterocycles. The molecule has 0 aromatic rings. The fourth-order valence-corrected chi connectivity index (χ4v) is 3.79. The molecule has 1 heterocycles. The normalized spacial score (nSPS) is 24.6. The van der Waals surface area contributed by atoms with Crippen molar-refractivity contribution in [2.45, 2.75) is 6.04 Å². The van der Waals surface area contributed by atoms with Gasteiger partial charge in [-0.3, -0.25) is 4.79 Å². The molecule has 7 heteroatoms. The van der Waals surface area contributed by atoms with Crippen LogP contribution in [0.1, 0.15) is 0 Å². The van der Waals surface area contributed by atoms with Crippen LogP contribution in [0, 0.1) is 0 Å². The molecule has 0 spiro atoms. The lowest BCUT2D eigenvalue weighted by molar-refractivity contribution is -0.143. The predicted molar refractivity (Wildman–Crippen MR) is 49.8 cm³/mol. The first-order valence-electron chi connectivity index (χ1n) is 3.59. The molecule has 0 amide bonds. The number of hydrogen-bond acceptors (Lipinski definition) is 5. The Morgan fingerprint density at radius 3 is 2.69 bits per heavy atom. The number of carbonyl (C=O) groups is 1. The van der Waals surface area contributed by atoms with Crippen LogP contribution in [0.5, 0.6) is 0 Å². The average Bonchev–Trinajstić information content (AvgIpc) is 2.49. The standard InChI is InChI=1S/C6H11NO4S2/c1-11-6(8)5-3-12-4-7(5)13(2,9)10/h5H,3-4H2,1-2H3/t5-/m1/s1. The van der Waals surface area contributed by atoms with E-state index < -0.39 is 22.0 Å². The SMILES string of the molecule is COC(=O)[C@H]1CSCN1S(C)(=O)=O. The molecule has 1 fully saturated rings. The first-order chi connectivity index (χ1) is 5.96. The van der Waals surface area contributed by atoms with E-state index >= 15 is 0 Å². The maximum Gasteiger partial charge on any atom is 0.325 e. The number of sulfonamides is 1. The summed E-state index contributed by atoms with van der Waals surface area (Å²) in [4.78, 5) is 11.1. The minimum absolute atomic E-state index is 0.332. The molecule has 13 heavy (non-hydrogen) atoms. The summed E-state index contributed by atoms with van der Waals surface area (Å²) in [6.07, 6.45) is 1.09. The van der Waals surface area contributed by atoms with Crippen LogP contribution in [0.15, 0.2) is 0 Å². The van der Waals surface area contributed by atoms with Crippen molar-refractivity contribution in [2.75, 3.05) is 25.0 Å². The van der Waals surface area contributed by atoms with Gasteiger partial charge < -0.3 is 4.74 Å². The minimum Gasteiger partial charge on any atom is -0.468 e. The molecule has 0 saturated carbocycles. The van der Waals surface area contributed by atoms with E-state index in [-0.39, 0.29) is 0 Å². The molecule has 5 nitrogen and oxygen atoms in total. The van der Waals surface area contributed by atoms with Gasteiger partial charge in [-0.2, -0.15) is 4.31 Å².